The van der Waals surface area contributed by atoms with Crippen LogP contribution in [0.25, 0.3) is 16.9 Å². The van der Waals surface area contributed by atoms with Crippen molar-refractivity contribution in [3.8, 4) is 17.0 Å². The minimum atomic E-state index is -4.94. The SMILES string of the molecule is NS(=O)(=O)c1cccc(NC(=O)Oc2cnn3c(C(F)(F)F)cc(-c4ccc(F)c(F)c4)nc23)c1. The number of anilines is 1. The zero-order chi connectivity index (χ0) is 25.5. The number of halogens is 5. The molecule has 182 valence electrons. The van der Waals surface area contributed by atoms with E-state index in [4.69, 9.17) is 9.88 Å². The highest BCUT2D eigenvalue weighted by Crippen LogP contribution is 2.34. The molecule has 0 aliphatic rings. The molecule has 0 fully saturated rings. The Labute approximate surface area is 193 Å². The Balaban J connectivity index is 1.72. The Morgan fingerprint density at radius 3 is 2.46 bits per heavy atom. The van der Waals surface area contributed by atoms with E-state index in [-0.39, 0.29) is 16.1 Å². The van der Waals surface area contributed by atoms with Crippen molar-refractivity contribution < 1.29 is 39.9 Å². The highest BCUT2D eigenvalue weighted by molar-refractivity contribution is 7.89. The van der Waals surface area contributed by atoms with E-state index in [1.807, 2.05) is 0 Å². The quantitative estimate of drug-likeness (QED) is 0.398. The maximum atomic E-state index is 13.6. The third-order valence-electron chi connectivity index (χ3n) is 4.56. The minimum absolute atomic E-state index is 0.0376. The lowest BCUT2D eigenvalue weighted by Crippen LogP contribution is -2.18. The first kappa shape index (κ1) is 24.0. The average Bonchev–Trinajstić information content (AvgIpc) is 3.16. The molecule has 4 rings (SSSR count). The minimum Gasteiger partial charge on any atom is -0.404 e. The first-order chi connectivity index (χ1) is 16.3. The maximum Gasteiger partial charge on any atom is 0.433 e. The summed E-state index contributed by atoms with van der Waals surface area (Å²) in [6.07, 6.45) is -5.35. The van der Waals surface area contributed by atoms with Gasteiger partial charge in [0.05, 0.1) is 16.8 Å². The Bertz CT molecular complexity index is 1570. The summed E-state index contributed by atoms with van der Waals surface area (Å²) in [7, 11) is -4.07. The van der Waals surface area contributed by atoms with Gasteiger partial charge in [-0.1, -0.05) is 6.07 Å². The van der Waals surface area contributed by atoms with Crippen LogP contribution in [-0.2, 0) is 16.2 Å². The normalized spacial score (nSPS) is 12.1. The fraction of sp³-hybridized carbons (Fsp3) is 0.0500. The molecule has 0 saturated heterocycles. The predicted molar refractivity (Wildman–Crippen MR) is 111 cm³/mol. The summed E-state index contributed by atoms with van der Waals surface area (Å²) in [6.45, 7) is 0. The van der Waals surface area contributed by atoms with E-state index >= 15 is 0 Å². The van der Waals surface area contributed by atoms with Crippen molar-refractivity contribution in [3.05, 3.63) is 72.1 Å². The van der Waals surface area contributed by atoms with Gasteiger partial charge < -0.3 is 4.74 Å². The molecule has 0 saturated carbocycles. The van der Waals surface area contributed by atoms with Gasteiger partial charge in [0.25, 0.3) is 0 Å². The second-order valence-corrected chi connectivity index (χ2v) is 8.55. The van der Waals surface area contributed by atoms with E-state index in [9.17, 15) is 35.2 Å². The molecule has 2 heterocycles. The maximum absolute atomic E-state index is 13.6. The molecule has 0 aliphatic carbocycles. The molecule has 35 heavy (non-hydrogen) atoms. The van der Waals surface area contributed by atoms with Crippen LogP contribution >= 0.6 is 0 Å². The van der Waals surface area contributed by atoms with Crippen molar-refractivity contribution in [3.63, 3.8) is 0 Å². The number of nitrogens with two attached hydrogens (primary N) is 1. The van der Waals surface area contributed by atoms with Gasteiger partial charge in [-0.15, -0.1) is 0 Å². The number of carbonyl (C=O) groups excluding carboxylic acids is 1. The van der Waals surface area contributed by atoms with E-state index in [1.54, 1.807) is 0 Å². The fourth-order valence-corrected chi connectivity index (χ4v) is 3.57. The molecule has 3 N–H and O–H groups in total. The van der Waals surface area contributed by atoms with Crippen LogP contribution in [0.15, 0.2) is 59.6 Å². The lowest BCUT2D eigenvalue weighted by molar-refractivity contribution is -0.142. The first-order valence-electron chi connectivity index (χ1n) is 9.36. The number of benzene rings is 2. The van der Waals surface area contributed by atoms with Gasteiger partial charge in [-0.2, -0.15) is 18.3 Å². The zero-order valence-electron chi connectivity index (χ0n) is 17.0. The number of hydrogen-bond acceptors (Lipinski definition) is 6. The predicted octanol–water partition coefficient (Wildman–Crippen LogP) is 3.95. The lowest BCUT2D eigenvalue weighted by Gasteiger charge is -2.12. The summed E-state index contributed by atoms with van der Waals surface area (Å²) < 4.78 is 96.2. The van der Waals surface area contributed by atoms with Gasteiger partial charge in [0, 0.05) is 11.3 Å². The van der Waals surface area contributed by atoms with Crippen molar-refractivity contribution >= 4 is 27.5 Å². The number of carbonyl (C=O) groups is 1. The van der Waals surface area contributed by atoms with Crippen LogP contribution < -0.4 is 15.2 Å². The second kappa shape index (κ2) is 8.59. The van der Waals surface area contributed by atoms with Crippen LogP contribution in [0, 0.1) is 11.6 Å². The van der Waals surface area contributed by atoms with E-state index in [0.717, 1.165) is 24.4 Å². The van der Waals surface area contributed by atoms with Crippen LogP contribution in [-0.4, -0.2) is 29.1 Å². The molecular weight excluding hydrogens is 501 g/mol. The number of amides is 1. The highest BCUT2D eigenvalue weighted by Gasteiger charge is 2.36. The van der Waals surface area contributed by atoms with Crippen molar-refractivity contribution in [1.82, 2.24) is 14.6 Å². The molecule has 15 heteroatoms. The summed E-state index contributed by atoms with van der Waals surface area (Å²) in [5.74, 6) is -3.01. The summed E-state index contributed by atoms with van der Waals surface area (Å²) in [4.78, 5) is 16.0. The van der Waals surface area contributed by atoms with Crippen LogP contribution in [0.1, 0.15) is 5.69 Å². The second-order valence-electron chi connectivity index (χ2n) is 6.98. The number of sulfonamides is 1. The van der Waals surface area contributed by atoms with Gasteiger partial charge >= 0.3 is 12.3 Å². The molecule has 0 aliphatic heterocycles. The van der Waals surface area contributed by atoms with Gasteiger partial charge in [0.15, 0.2) is 28.7 Å². The Morgan fingerprint density at radius 1 is 1.06 bits per heavy atom. The van der Waals surface area contributed by atoms with E-state index in [1.165, 1.54) is 18.2 Å². The highest BCUT2D eigenvalue weighted by atomic mass is 32.2. The van der Waals surface area contributed by atoms with E-state index in [2.05, 4.69) is 15.4 Å². The molecular formula is C20H12F5N5O4S. The number of ether oxygens (including phenoxy) is 1. The molecule has 0 spiro atoms. The molecule has 1 amide bonds. The van der Waals surface area contributed by atoms with Crippen LogP contribution in [0.3, 0.4) is 0 Å². The third-order valence-corrected chi connectivity index (χ3v) is 5.47. The van der Waals surface area contributed by atoms with E-state index in [0.29, 0.717) is 16.6 Å². The lowest BCUT2D eigenvalue weighted by atomic mass is 10.1. The summed E-state index contributed by atoms with van der Waals surface area (Å²) in [5.41, 5.74) is -2.47. The molecule has 0 bridgehead atoms. The van der Waals surface area contributed by atoms with Gasteiger partial charge in [-0.25, -0.2) is 36.6 Å². The third kappa shape index (κ3) is 5.04. The van der Waals surface area contributed by atoms with Crippen molar-refractivity contribution in [2.24, 2.45) is 5.14 Å². The van der Waals surface area contributed by atoms with Gasteiger partial charge in [-0.3, -0.25) is 5.32 Å². The molecule has 2 aromatic carbocycles. The van der Waals surface area contributed by atoms with Crippen LogP contribution in [0.4, 0.5) is 32.4 Å². The number of nitrogens with zero attached hydrogens (tertiary/aromatic N) is 3. The standard InChI is InChI=1S/C20H12F5N5O4S/c21-13-5-4-10(6-14(13)22)15-8-17(20(23,24)25)30-18(29-15)16(9-27-30)34-19(31)28-11-2-1-3-12(7-11)35(26,32)33/h1-9H,(H,28,31)(H2,26,32,33). The van der Waals surface area contributed by atoms with Gasteiger partial charge in [-0.05, 0) is 42.5 Å². The Morgan fingerprint density at radius 2 is 1.80 bits per heavy atom. The smallest absolute Gasteiger partial charge is 0.404 e. The number of nitrogens with one attached hydrogen (secondary N) is 1. The summed E-state index contributed by atoms with van der Waals surface area (Å²) in [5, 5.41) is 10.8. The van der Waals surface area contributed by atoms with Crippen LogP contribution in [0.5, 0.6) is 5.75 Å². The molecule has 4 aromatic rings. The summed E-state index contributed by atoms with van der Waals surface area (Å²) in [6, 6.07) is 7.81. The Hall–Kier alpha value is -4.11. The number of rotatable bonds is 4. The monoisotopic (exact) mass is 513 g/mol. The van der Waals surface area contributed by atoms with Crippen LogP contribution in [0.2, 0.25) is 0 Å². The van der Waals surface area contributed by atoms with Crippen molar-refractivity contribution in [2.45, 2.75) is 11.1 Å². The van der Waals surface area contributed by atoms with Gasteiger partial charge in [0.2, 0.25) is 10.0 Å². The summed E-state index contributed by atoms with van der Waals surface area (Å²) >= 11 is 0. The fourth-order valence-electron chi connectivity index (χ4n) is 3.01. The molecule has 2 aromatic heterocycles. The first-order valence-corrected chi connectivity index (χ1v) is 10.9. The largest absolute Gasteiger partial charge is 0.433 e. The molecule has 0 radical (unpaired) electrons. The zero-order valence-corrected chi connectivity index (χ0v) is 17.9. The Kier molecular flexibility index (Phi) is 5.90. The molecule has 0 atom stereocenters. The number of hydrogen-bond donors (Lipinski definition) is 2. The number of primary sulfonamides is 1. The van der Waals surface area contributed by atoms with Gasteiger partial charge in [0.1, 0.15) is 0 Å². The van der Waals surface area contributed by atoms with Crippen molar-refractivity contribution in [2.75, 3.05) is 5.32 Å². The number of alkyl halides is 3. The van der Waals surface area contributed by atoms with Crippen molar-refractivity contribution in [1.29, 1.82) is 0 Å². The molecule has 9 nitrogen and oxygen atoms in total. The average molecular weight is 513 g/mol. The number of aromatic nitrogens is 3. The number of fused-ring (bicyclic) bond motifs is 1. The molecule has 0 unspecified atom stereocenters. The topological polar surface area (TPSA) is 129 Å². The van der Waals surface area contributed by atoms with E-state index < -0.39 is 56.7 Å².